The van der Waals surface area contributed by atoms with Gasteiger partial charge in [0, 0.05) is 13.1 Å². The molecule has 0 bridgehead atoms. The molecule has 2 nitrogen and oxygen atoms in total. The molecular formula is C17H16FNO. The van der Waals surface area contributed by atoms with Crippen molar-refractivity contribution in [2.45, 2.75) is 12.8 Å². The molecule has 1 amide bonds. The molecule has 1 aliphatic heterocycles. The normalized spacial score (nSPS) is 14.6. The maximum atomic E-state index is 13.7. The minimum absolute atomic E-state index is 0.165. The molecule has 0 aliphatic carbocycles. The molecule has 102 valence electrons. The number of amides is 1. The fourth-order valence-corrected chi connectivity index (χ4v) is 2.68. The highest BCUT2D eigenvalue weighted by molar-refractivity contribution is 5.94. The molecule has 3 rings (SSSR count). The van der Waals surface area contributed by atoms with Crippen LogP contribution in [0.15, 0.2) is 48.5 Å². The summed E-state index contributed by atoms with van der Waals surface area (Å²) in [4.78, 5) is 14.2. The van der Waals surface area contributed by atoms with Gasteiger partial charge in [0.25, 0.3) is 5.91 Å². The third-order valence-electron chi connectivity index (χ3n) is 3.81. The Bertz CT molecular complexity index is 611. The van der Waals surface area contributed by atoms with Crippen LogP contribution in [-0.4, -0.2) is 23.9 Å². The summed E-state index contributed by atoms with van der Waals surface area (Å²) in [6.45, 7) is 1.29. The molecule has 2 aromatic rings. The van der Waals surface area contributed by atoms with E-state index in [2.05, 4.69) is 12.1 Å². The molecule has 0 fully saturated rings. The van der Waals surface area contributed by atoms with Gasteiger partial charge in [-0.2, -0.15) is 0 Å². The van der Waals surface area contributed by atoms with Gasteiger partial charge in [0.2, 0.25) is 0 Å². The predicted molar refractivity (Wildman–Crippen MR) is 76.2 cm³/mol. The van der Waals surface area contributed by atoms with Crippen LogP contribution in [0.1, 0.15) is 21.5 Å². The minimum Gasteiger partial charge on any atom is -0.338 e. The Kier molecular flexibility index (Phi) is 3.50. The van der Waals surface area contributed by atoms with E-state index in [1.54, 1.807) is 23.1 Å². The minimum atomic E-state index is -0.445. The molecule has 1 aliphatic rings. The van der Waals surface area contributed by atoms with Crippen LogP contribution in [0.5, 0.6) is 0 Å². The van der Waals surface area contributed by atoms with Gasteiger partial charge in [-0.1, -0.05) is 36.4 Å². The van der Waals surface area contributed by atoms with E-state index in [1.807, 2.05) is 12.1 Å². The predicted octanol–water partition coefficient (Wildman–Crippen LogP) is 3.07. The summed E-state index contributed by atoms with van der Waals surface area (Å²) in [5.41, 5.74) is 2.74. The zero-order valence-electron chi connectivity index (χ0n) is 11.2. The summed E-state index contributed by atoms with van der Waals surface area (Å²) in [5.74, 6) is -0.657. The maximum absolute atomic E-state index is 13.7. The topological polar surface area (TPSA) is 20.3 Å². The number of halogens is 1. The van der Waals surface area contributed by atoms with Crippen molar-refractivity contribution in [2.75, 3.05) is 13.1 Å². The van der Waals surface area contributed by atoms with Crippen molar-refractivity contribution >= 4 is 5.91 Å². The van der Waals surface area contributed by atoms with Crippen LogP contribution in [-0.2, 0) is 12.8 Å². The van der Waals surface area contributed by atoms with Crippen LogP contribution >= 0.6 is 0 Å². The summed E-state index contributed by atoms with van der Waals surface area (Å²) in [7, 11) is 0. The van der Waals surface area contributed by atoms with Crippen molar-refractivity contribution in [2.24, 2.45) is 0 Å². The lowest BCUT2D eigenvalue weighted by Gasteiger charge is -2.20. The van der Waals surface area contributed by atoms with E-state index in [4.69, 9.17) is 0 Å². The SMILES string of the molecule is O=C(c1ccccc1F)N1CCc2ccccc2CC1. The van der Waals surface area contributed by atoms with Crippen LogP contribution in [0.4, 0.5) is 4.39 Å². The summed E-state index contributed by atoms with van der Waals surface area (Å²) < 4.78 is 13.7. The molecule has 0 aromatic heterocycles. The Morgan fingerprint density at radius 1 is 0.900 bits per heavy atom. The highest BCUT2D eigenvalue weighted by atomic mass is 19.1. The smallest absolute Gasteiger partial charge is 0.256 e. The van der Waals surface area contributed by atoms with Crippen LogP contribution in [0.3, 0.4) is 0 Å². The second kappa shape index (κ2) is 5.45. The first kappa shape index (κ1) is 12.9. The van der Waals surface area contributed by atoms with E-state index >= 15 is 0 Å². The summed E-state index contributed by atoms with van der Waals surface area (Å²) in [6, 6.07) is 14.4. The quantitative estimate of drug-likeness (QED) is 0.779. The molecule has 0 radical (unpaired) electrons. The third kappa shape index (κ3) is 2.44. The first-order valence-electron chi connectivity index (χ1n) is 6.86. The molecule has 20 heavy (non-hydrogen) atoms. The van der Waals surface area contributed by atoms with Crippen LogP contribution in [0.2, 0.25) is 0 Å². The average Bonchev–Trinajstić information content (AvgIpc) is 2.70. The highest BCUT2D eigenvalue weighted by Crippen LogP contribution is 2.18. The van der Waals surface area contributed by atoms with Gasteiger partial charge in [0.15, 0.2) is 0 Å². The second-order valence-corrected chi connectivity index (χ2v) is 5.04. The number of hydrogen-bond acceptors (Lipinski definition) is 1. The Morgan fingerprint density at radius 2 is 1.45 bits per heavy atom. The second-order valence-electron chi connectivity index (χ2n) is 5.04. The van der Waals surface area contributed by atoms with Crippen molar-refractivity contribution in [3.8, 4) is 0 Å². The van der Waals surface area contributed by atoms with Crippen molar-refractivity contribution in [3.05, 3.63) is 71.0 Å². The van der Waals surface area contributed by atoms with E-state index in [0.29, 0.717) is 13.1 Å². The Morgan fingerprint density at radius 3 is 2.05 bits per heavy atom. The van der Waals surface area contributed by atoms with Crippen LogP contribution < -0.4 is 0 Å². The summed E-state index contributed by atoms with van der Waals surface area (Å²) >= 11 is 0. The molecule has 0 unspecified atom stereocenters. The summed E-state index contributed by atoms with van der Waals surface area (Å²) in [6.07, 6.45) is 1.66. The summed E-state index contributed by atoms with van der Waals surface area (Å²) in [5, 5.41) is 0. The zero-order valence-corrected chi connectivity index (χ0v) is 11.2. The highest BCUT2D eigenvalue weighted by Gasteiger charge is 2.21. The van der Waals surface area contributed by atoms with Gasteiger partial charge in [-0.05, 0) is 36.1 Å². The molecule has 0 spiro atoms. The number of carbonyl (C=O) groups excluding carboxylic acids is 1. The standard InChI is InChI=1S/C17H16FNO/c18-16-8-4-3-7-15(16)17(20)19-11-9-13-5-1-2-6-14(13)10-12-19/h1-8H,9-12H2. The van der Waals surface area contributed by atoms with Crippen molar-refractivity contribution in [3.63, 3.8) is 0 Å². The number of carbonyl (C=O) groups is 1. The molecule has 0 saturated heterocycles. The van der Waals surface area contributed by atoms with E-state index in [-0.39, 0.29) is 11.5 Å². The van der Waals surface area contributed by atoms with E-state index in [1.165, 1.54) is 17.2 Å². The fraction of sp³-hybridized carbons (Fsp3) is 0.235. The molecule has 2 aromatic carbocycles. The first-order valence-corrected chi connectivity index (χ1v) is 6.86. The van der Waals surface area contributed by atoms with Gasteiger partial charge >= 0.3 is 0 Å². The van der Waals surface area contributed by atoms with Crippen molar-refractivity contribution in [1.82, 2.24) is 4.90 Å². The average molecular weight is 269 g/mol. The van der Waals surface area contributed by atoms with Gasteiger partial charge in [-0.15, -0.1) is 0 Å². The van der Waals surface area contributed by atoms with E-state index in [9.17, 15) is 9.18 Å². The molecule has 1 heterocycles. The van der Waals surface area contributed by atoms with Crippen LogP contribution in [0, 0.1) is 5.82 Å². The molecule has 3 heteroatoms. The van der Waals surface area contributed by atoms with Gasteiger partial charge < -0.3 is 4.90 Å². The molecular weight excluding hydrogens is 253 g/mol. The van der Waals surface area contributed by atoms with Crippen molar-refractivity contribution in [1.29, 1.82) is 0 Å². The Labute approximate surface area is 117 Å². The molecule has 0 atom stereocenters. The zero-order chi connectivity index (χ0) is 13.9. The lowest BCUT2D eigenvalue weighted by atomic mass is 10.0. The largest absolute Gasteiger partial charge is 0.338 e. The number of hydrogen-bond donors (Lipinski definition) is 0. The van der Waals surface area contributed by atoms with Gasteiger partial charge in [0.1, 0.15) is 5.82 Å². The Balaban J connectivity index is 1.80. The van der Waals surface area contributed by atoms with Gasteiger partial charge in [-0.3, -0.25) is 4.79 Å². The number of nitrogens with zero attached hydrogens (tertiary/aromatic N) is 1. The Hall–Kier alpha value is -2.16. The number of benzene rings is 2. The lowest BCUT2D eigenvalue weighted by molar-refractivity contribution is 0.0758. The van der Waals surface area contributed by atoms with Gasteiger partial charge in [-0.25, -0.2) is 4.39 Å². The van der Waals surface area contributed by atoms with E-state index in [0.717, 1.165) is 12.8 Å². The van der Waals surface area contributed by atoms with Gasteiger partial charge in [0.05, 0.1) is 5.56 Å². The lowest BCUT2D eigenvalue weighted by Crippen LogP contribution is -2.33. The first-order chi connectivity index (χ1) is 9.75. The number of fused-ring (bicyclic) bond motifs is 1. The number of rotatable bonds is 1. The fourth-order valence-electron chi connectivity index (χ4n) is 2.68. The maximum Gasteiger partial charge on any atom is 0.256 e. The molecule has 0 saturated carbocycles. The monoisotopic (exact) mass is 269 g/mol. The molecule has 0 N–H and O–H groups in total. The van der Waals surface area contributed by atoms with Crippen molar-refractivity contribution < 1.29 is 9.18 Å². The van der Waals surface area contributed by atoms with Crippen LogP contribution in [0.25, 0.3) is 0 Å². The van der Waals surface area contributed by atoms with E-state index < -0.39 is 5.82 Å². The third-order valence-corrected chi connectivity index (χ3v) is 3.81.